The molecule has 19 heteroatoms. The summed E-state index contributed by atoms with van der Waals surface area (Å²) in [5.41, 5.74) is -7.88. The zero-order valence-electron chi connectivity index (χ0n) is 37.7. The summed E-state index contributed by atoms with van der Waals surface area (Å²) in [6.45, 7) is 0. The van der Waals surface area contributed by atoms with Crippen LogP contribution in [0.25, 0.3) is 95.0 Å². The highest BCUT2D eigenvalue weighted by Crippen LogP contribution is 2.46. The number of rotatable bonds is 7. The van der Waals surface area contributed by atoms with Gasteiger partial charge in [0, 0.05) is 33.2 Å². The van der Waals surface area contributed by atoms with Crippen LogP contribution in [0.5, 0.6) is 0 Å². The van der Waals surface area contributed by atoms with Gasteiger partial charge < -0.3 is 4.57 Å². The molecule has 0 radical (unpaired) electrons. The molecule has 0 fully saturated rings. The lowest BCUT2D eigenvalue weighted by atomic mass is 9.94. The third-order valence-electron chi connectivity index (χ3n) is 12.3. The van der Waals surface area contributed by atoms with Crippen LogP contribution in [-0.2, 0) is 30.9 Å². The Morgan fingerprint density at radius 3 is 1.09 bits per heavy atom. The molecule has 10 rings (SSSR count). The lowest BCUT2D eigenvalue weighted by Gasteiger charge is -2.18. The molecule has 10 aromatic rings. The number of hydrogen-bond acceptors (Lipinski definition) is 3. The summed E-state index contributed by atoms with van der Waals surface area (Å²) in [5.74, 6) is 0.142. The summed E-state index contributed by atoms with van der Waals surface area (Å²) in [5, 5.41) is 0.0912. The molecule has 0 unspecified atom stereocenters. The van der Waals surface area contributed by atoms with Gasteiger partial charge in [0.25, 0.3) is 0 Å². The van der Waals surface area contributed by atoms with Crippen molar-refractivity contribution in [2.45, 2.75) is 30.9 Å². The molecule has 2 aromatic heterocycles. The number of benzene rings is 8. The number of nitrogens with zero attached hydrogens (tertiary/aromatic N) is 4. The summed E-state index contributed by atoms with van der Waals surface area (Å²) in [6, 6.07) is 35.6. The Labute approximate surface area is 414 Å². The fourth-order valence-electron chi connectivity index (χ4n) is 8.89. The molecule has 0 aliphatic carbocycles. The van der Waals surface area contributed by atoms with E-state index in [0.29, 0.717) is 35.4 Å². The number of alkyl halides is 15. The summed E-state index contributed by atoms with van der Waals surface area (Å²) >= 11 is 0. The molecule has 0 aliphatic heterocycles. The summed E-state index contributed by atoms with van der Waals surface area (Å²) in [6.07, 6.45) is -25.8. The maximum atomic E-state index is 14.9. The topological polar surface area (TPSA) is 43.6 Å². The van der Waals surface area contributed by atoms with Crippen LogP contribution in [0.4, 0.5) is 65.9 Å². The smallest absolute Gasteiger partial charge is 0.309 e. The van der Waals surface area contributed by atoms with Crippen molar-refractivity contribution in [3.63, 3.8) is 0 Å². The molecule has 0 N–H and O–H groups in total. The molecule has 4 nitrogen and oxygen atoms in total. The molecule has 378 valence electrons. The predicted octanol–water partition coefficient (Wildman–Crippen LogP) is 18.1. The first-order chi connectivity index (χ1) is 35.3. The summed E-state index contributed by atoms with van der Waals surface area (Å²) < 4.78 is 216. The average Bonchev–Trinajstić information content (AvgIpc) is 3.70. The van der Waals surface area contributed by atoms with Crippen molar-refractivity contribution >= 4 is 21.8 Å². The third kappa shape index (κ3) is 9.89. The maximum absolute atomic E-state index is 14.9. The fraction of sp³-hybridized carbons (Fsp3) is 0.0893. The number of aromatic nitrogens is 4. The first-order valence-electron chi connectivity index (χ1n) is 22.2. The van der Waals surface area contributed by atoms with Crippen LogP contribution in [0.1, 0.15) is 27.8 Å². The van der Waals surface area contributed by atoms with E-state index in [4.69, 9.17) is 15.0 Å². The van der Waals surface area contributed by atoms with E-state index in [1.54, 1.807) is 60.7 Å². The van der Waals surface area contributed by atoms with Gasteiger partial charge in [-0.1, -0.05) is 97.1 Å². The Hall–Kier alpha value is -8.48. The molecule has 0 aliphatic rings. The molecule has 0 saturated heterocycles. The quantitative estimate of drug-likeness (QED) is 0.149. The highest BCUT2D eigenvalue weighted by molar-refractivity contribution is 6.12. The highest BCUT2D eigenvalue weighted by Gasteiger charge is 2.39. The van der Waals surface area contributed by atoms with E-state index < -0.39 is 69.8 Å². The van der Waals surface area contributed by atoms with Gasteiger partial charge in [0.2, 0.25) is 0 Å². The summed E-state index contributed by atoms with van der Waals surface area (Å²) in [4.78, 5) is 14.3. The molecular formula is C56H29F15N4. The zero-order chi connectivity index (χ0) is 53.4. The first kappa shape index (κ1) is 50.1. The molecule has 8 aromatic carbocycles. The van der Waals surface area contributed by atoms with Gasteiger partial charge >= 0.3 is 30.9 Å². The van der Waals surface area contributed by atoms with Gasteiger partial charge in [-0.05, 0) is 112 Å². The standard InChI is InChI=1S/C56H29F15N4/c57-52(58,59)36-21-34(22-37(27-36)53(60,61)62)32-15-19-47-43(25-32)44-26-33(35-23-38(54(63,64)65)28-39(24-35)55(66,67)68)16-20-48(44)75(47)40-17-18-41(42-13-7-8-14-46(42)56(69,70)71)45(29-40)51-73-49(30-9-3-1-4-10-30)72-50(74-51)31-11-5-2-6-12-31/h1-29H. The fourth-order valence-corrected chi connectivity index (χ4v) is 8.89. The van der Waals surface area contributed by atoms with Crippen LogP contribution in [-0.4, -0.2) is 19.5 Å². The minimum atomic E-state index is -5.24. The van der Waals surface area contributed by atoms with Crippen LogP contribution in [0.3, 0.4) is 0 Å². The molecule has 2 heterocycles. The van der Waals surface area contributed by atoms with Crippen LogP contribution in [0.15, 0.2) is 176 Å². The van der Waals surface area contributed by atoms with E-state index in [-0.39, 0.29) is 84.9 Å². The van der Waals surface area contributed by atoms with Crippen LogP contribution < -0.4 is 0 Å². The summed E-state index contributed by atoms with van der Waals surface area (Å²) in [7, 11) is 0. The van der Waals surface area contributed by atoms with E-state index in [0.717, 1.165) is 6.07 Å². The number of hydrogen-bond donors (Lipinski definition) is 0. The number of halogens is 15. The second kappa shape index (κ2) is 18.2. The lowest BCUT2D eigenvalue weighted by molar-refractivity contribution is -0.144. The van der Waals surface area contributed by atoms with Crippen LogP contribution >= 0.6 is 0 Å². The van der Waals surface area contributed by atoms with E-state index in [2.05, 4.69) is 0 Å². The average molecular weight is 1040 g/mol. The van der Waals surface area contributed by atoms with Gasteiger partial charge in [-0.15, -0.1) is 0 Å². The van der Waals surface area contributed by atoms with E-state index in [1.165, 1.54) is 77.4 Å². The predicted molar refractivity (Wildman–Crippen MR) is 252 cm³/mol. The Kier molecular flexibility index (Phi) is 12.1. The van der Waals surface area contributed by atoms with Crippen LogP contribution in [0.2, 0.25) is 0 Å². The van der Waals surface area contributed by atoms with Crippen molar-refractivity contribution in [2.75, 3.05) is 0 Å². The van der Waals surface area contributed by atoms with Crippen molar-refractivity contribution in [2.24, 2.45) is 0 Å². The minimum absolute atomic E-state index is 0.0106. The van der Waals surface area contributed by atoms with Gasteiger partial charge in [0.05, 0.1) is 38.9 Å². The van der Waals surface area contributed by atoms with Gasteiger partial charge in [-0.2, -0.15) is 65.9 Å². The normalized spacial score (nSPS) is 12.7. The minimum Gasteiger partial charge on any atom is -0.309 e. The van der Waals surface area contributed by atoms with E-state index in [9.17, 15) is 65.9 Å². The van der Waals surface area contributed by atoms with Crippen LogP contribution in [0, 0.1) is 0 Å². The Morgan fingerprint density at radius 2 is 0.680 bits per heavy atom. The van der Waals surface area contributed by atoms with Crippen molar-refractivity contribution < 1.29 is 65.9 Å². The van der Waals surface area contributed by atoms with Gasteiger partial charge in [-0.25, -0.2) is 15.0 Å². The second-order valence-electron chi connectivity index (χ2n) is 17.2. The third-order valence-corrected chi connectivity index (χ3v) is 12.3. The lowest BCUT2D eigenvalue weighted by Crippen LogP contribution is -2.11. The first-order valence-corrected chi connectivity index (χ1v) is 22.2. The zero-order valence-corrected chi connectivity index (χ0v) is 37.7. The molecule has 0 spiro atoms. The van der Waals surface area contributed by atoms with Crippen molar-refractivity contribution in [1.29, 1.82) is 0 Å². The van der Waals surface area contributed by atoms with E-state index in [1.807, 2.05) is 0 Å². The second-order valence-corrected chi connectivity index (χ2v) is 17.2. The molecule has 75 heavy (non-hydrogen) atoms. The molecular weight excluding hydrogens is 1010 g/mol. The molecule has 0 amide bonds. The van der Waals surface area contributed by atoms with E-state index >= 15 is 0 Å². The van der Waals surface area contributed by atoms with Crippen molar-refractivity contribution in [3.05, 3.63) is 204 Å². The number of fused-ring (bicyclic) bond motifs is 3. The maximum Gasteiger partial charge on any atom is 0.417 e. The van der Waals surface area contributed by atoms with Crippen molar-refractivity contribution in [1.82, 2.24) is 19.5 Å². The Balaban J connectivity index is 1.28. The Bertz CT molecular complexity index is 3560. The van der Waals surface area contributed by atoms with Gasteiger partial charge in [-0.3, -0.25) is 0 Å². The highest BCUT2D eigenvalue weighted by atomic mass is 19.4. The van der Waals surface area contributed by atoms with Crippen molar-refractivity contribution in [3.8, 4) is 73.2 Å². The molecule has 0 saturated carbocycles. The molecule has 0 atom stereocenters. The largest absolute Gasteiger partial charge is 0.417 e. The Morgan fingerprint density at radius 1 is 0.280 bits per heavy atom. The SMILES string of the molecule is FC(F)(F)c1cc(-c2ccc3c(c2)c2cc(-c4cc(C(F)(F)F)cc(C(F)(F)F)c4)ccc2n3-c2ccc(-c3ccccc3C(F)(F)F)c(-c3nc(-c4ccccc4)nc(-c4ccccc4)n3)c2)cc(C(F)(F)F)c1. The van der Waals surface area contributed by atoms with Gasteiger partial charge in [0.1, 0.15) is 0 Å². The van der Waals surface area contributed by atoms with Gasteiger partial charge in [0.15, 0.2) is 17.5 Å². The molecule has 0 bridgehead atoms. The monoisotopic (exact) mass is 1040 g/mol.